The van der Waals surface area contributed by atoms with Crippen molar-refractivity contribution in [1.82, 2.24) is 19.1 Å². The minimum atomic E-state index is -3.55. The number of benzene rings is 1. The van der Waals surface area contributed by atoms with Crippen molar-refractivity contribution in [2.24, 2.45) is 0 Å². The van der Waals surface area contributed by atoms with Gasteiger partial charge in [0.2, 0.25) is 15.9 Å². The van der Waals surface area contributed by atoms with Gasteiger partial charge in [0.15, 0.2) is 5.16 Å². The molecular weight excluding hydrogens is 434 g/mol. The molecule has 2 aliphatic rings. The average molecular weight is 464 g/mol. The minimum absolute atomic E-state index is 0.186. The van der Waals surface area contributed by atoms with E-state index >= 15 is 0 Å². The molecule has 4 rings (SSSR count). The number of rotatable bonds is 8. The molecule has 0 unspecified atom stereocenters. The minimum Gasteiger partial charge on any atom is -0.325 e. The predicted octanol–water partition coefficient (Wildman–Crippen LogP) is 3.39. The van der Waals surface area contributed by atoms with Crippen LogP contribution in [0, 0.1) is 6.92 Å². The van der Waals surface area contributed by atoms with Crippen molar-refractivity contribution in [2.45, 2.75) is 68.5 Å². The number of hydrogen-bond acceptors (Lipinski definition) is 6. The van der Waals surface area contributed by atoms with E-state index in [1.54, 1.807) is 18.2 Å². The molecule has 0 spiro atoms. The highest BCUT2D eigenvalue weighted by atomic mass is 32.2. The number of thioether (sulfide) groups is 1. The van der Waals surface area contributed by atoms with Crippen LogP contribution in [-0.2, 0) is 21.4 Å². The van der Waals surface area contributed by atoms with Crippen LogP contribution in [0.5, 0.6) is 0 Å². The molecule has 1 saturated carbocycles. The molecule has 0 bridgehead atoms. The molecule has 1 N–H and O–H groups in total. The molecule has 1 aliphatic heterocycles. The van der Waals surface area contributed by atoms with Crippen LogP contribution in [0.1, 0.15) is 56.3 Å². The Labute approximate surface area is 187 Å². The summed E-state index contributed by atoms with van der Waals surface area (Å²) in [5.74, 6) is 1.50. The lowest BCUT2D eigenvalue weighted by molar-refractivity contribution is -0.113. The fraction of sp³-hybridized carbons (Fsp3) is 0.571. The van der Waals surface area contributed by atoms with Gasteiger partial charge in [-0.2, -0.15) is 4.31 Å². The maximum atomic E-state index is 13.0. The monoisotopic (exact) mass is 463 g/mol. The largest absolute Gasteiger partial charge is 0.325 e. The van der Waals surface area contributed by atoms with E-state index in [1.165, 1.54) is 16.1 Å². The normalized spacial score (nSPS) is 17.6. The number of sulfonamides is 1. The van der Waals surface area contributed by atoms with Crippen molar-refractivity contribution in [2.75, 3.05) is 24.2 Å². The van der Waals surface area contributed by atoms with E-state index in [2.05, 4.69) is 27.0 Å². The number of hydrogen-bond donors (Lipinski definition) is 1. The Morgan fingerprint density at radius 3 is 2.61 bits per heavy atom. The van der Waals surface area contributed by atoms with E-state index in [-0.39, 0.29) is 16.6 Å². The molecule has 1 amide bonds. The first kappa shape index (κ1) is 22.3. The SMILES string of the molecule is CCn1c(SCC(=O)Nc2cc(S(=O)(=O)N3CCCCC3)ccc2C)nnc1C1CC1. The van der Waals surface area contributed by atoms with E-state index in [1.807, 2.05) is 6.92 Å². The number of carbonyl (C=O) groups excluding carboxylic acids is 1. The van der Waals surface area contributed by atoms with Gasteiger partial charge in [0, 0.05) is 31.2 Å². The van der Waals surface area contributed by atoms with Gasteiger partial charge in [-0.1, -0.05) is 24.2 Å². The summed E-state index contributed by atoms with van der Waals surface area (Å²) in [6, 6.07) is 4.93. The van der Waals surface area contributed by atoms with E-state index in [0.29, 0.717) is 24.7 Å². The van der Waals surface area contributed by atoms with Crippen molar-refractivity contribution in [3.05, 3.63) is 29.6 Å². The summed E-state index contributed by atoms with van der Waals surface area (Å²) >= 11 is 1.35. The van der Waals surface area contributed by atoms with Crippen molar-refractivity contribution in [3.63, 3.8) is 0 Å². The first-order valence-electron chi connectivity index (χ1n) is 10.9. The molecule has 8 nitrogen and oxygen atoms in total. The van der Waals surface area contributed by atoms with Crippen LogP contribution in [-0.4, -0.2) is 52.2 Å². The molecule has 2 aromatic rings. The number of aryl methyl sites for hydroxylation is 1. The fourth-order valence-corrected chi connectivity index (χ4v) is 6.17. The van der Waals surface area contributed by atoms with Crippen molar-refractivity contribution in [3.8, 4) is 0 Å². The number of piperidine rings is 1. The number of nitrogens with zero attached hydrogens (tertiary/aromatic N) is 4. The van der Waals surface area contributed by atoms with Gasteiger partial charge in [0.05, 0.1) is 10.6 Å². The lowest BCUT2D eigenvalue weighted by Gasteiger charge is -2.26. The summed E-state index contributed by atoms with van der Waals surface area (Å²) in [6.07, 6.45) is 5.14. The van der Waals surface area contributed by atoms with Gasteiger partial charge in [-0.15, -0.1) is 10.2 Å². The van der Waals surface area contributed by atoms with Crippen LogP contribution in [0.25, 0.3) is 0 Å². The van der Waals surface area contributed by atoms with Gasteiger partial charge >= 0.3 is 0 Å². The summed E-state index contributed by atoms with van der Waals surface area (Å²) in [4.78, 5) is 12.8. The second kappa shape index (κ2) is 9.30. The lowest BCUT2D eigenvalue weighted by Crippen LogP contribution is -2.35. The topological polar surface area (TPSA) is 97.2 Å². The molecule has 1 aliphatic carbocycles. The Bertz CT molecular complexity index is 1060. The number of aromatic nitrogens is 3. The van der Waals surface area contributed by atoms with E-state index in [0.717, 1.165) is 55.2 Å². The Hall–Kier alpha value is -1.91. The molecule has 0 atom stereocenters. The van der Waals surface area contributed by atoms with Crippen molar-refractivity contribution in [1.29, 1.82) is 0 Å². The van der Waals surface area contributed by atoms with E-state index < -0.39 is 10.0 Å². The highest BCUT2D eigenvalue weighted by Crippen LogP contribution is 2.40. The van der Waals surface area contributed by atoms with Gasteiger partial charge in [-0.3, -0.25) is 4.79 Å². The maximum Gasteiger partial charge on any atom is 0.243 e. The molecule has 2 fully saturated rings. The Morgan fingerprint density at radius 1 is 1.19 bits per heavy atom. The summed E-state index contributed by atoms with van der Waals surface area (Å²) in [7, 11) is -3.55. The second-order valence-electron chi connectivity index (χ2n) is 8.14. The molecule has 1 aromatic heterocycles. The van der Waals surface area contributed by atoms with Crippen molar-refractivity contribution >= 4 is 33.4 Å². The summed E-state index contributed by atoms with van der Waals surface area (Å²) in [5, 5.41) is 12.2. The van der Waals surface area contributed by atoms with Crippen LogP contribution in [0.4, 0.5) is 5.69 Å². The molecule has 10 heteroatoms. The first-order valence-corrected chi connectivity index (χ1v) is 13.3. The molecule has 0 radical (unpaired) electrons. The van der Waals surface area contributed by atoms with E-state index in [9.17, 15) is 13.2 Å². The maximum absolute atomic E-state index is 13.0. The van der Waals surface area contributed by atoms with Gasteiger partial charge < -0.3 is 9.88 Å². The number of nitrogens with one attached hydrogen (secondary N) is 1. The number of anilines is 1. The average Bonchev–Trinajstić information content (AvgIpc) is 3.53. The molecule has 1 saturated heterocycles. The number of amides is 1. The van der Waals surface area contributed by atoms with Crippen LogP contribution in [0.3, 0.4) is 0 Å². The molecule has 1 aromatic carbocycles. The third-order valence-electron chi connectivity index (χ3n) is 5.77. The number of carbonyl (C=O) groups is 1. The highest BCUT2D eigenvalue weighted by Gasteiger charge is 2.30. The van der Waals surface area contributed by atoms with Gasteiger partial charge in [-0.25, -0.2) is 8.42 Å². The zero-order valence-corrected chi connectivity index (χ0v) is 19.6. The third-order valence-corrected chi connectivity index (χ3v) is 8.63. The Balaban J connectivity index is 1.43. The molecule has 31 heavy (non-hydrogen) atoms. The fourth-order valence-electron chi connectivity index (χ4n) is 3.81. The van der Waals surface area contributed by atoms with Crippen LogP contribution in [0.2, 0.25) is 0 Å². The zero-order chi connectivity index (χ0) is 22.0. The van der Waals surface area contributed by atoms with Gasteiger partial charge in [0.25, 0.3) is 0 Å². The standard InChI is InChI=1S/C21H29N5O3S2/c1-3-26-20(16-8-9-16)23-24-21(26)30-14-19(27)22-18-13-17(10-7-15(18)2)31(28,29)25-11-5-4-6-12-25/h7,10,13,16H,3-6,8-9,11-12,14H2,1-2H3,(H,22,27). The summed E-state index contributed by atoms with van der Waals surface area (Å²) in [5.41, 5.74) is 1.35. The van der Waals surface area contributed by atoms with Crippen LogP contribution < -0.4 is 5.32 Å². The van der Waals surface area contributed by atoms with Crippen LogP contribution >= 0.6 is 11.8 Å². The molecule has 2 heterocycles. The summed E-state index contributed by atoms with van der Waals surface area (Å²) in [6.45, 7) is 5.79. The smallest absolute Gasteiger partial charge is 0.243 e. The second-order valence-corrected chi connectivity index (χ2v) is 11.0. The predicted molar refractivity (Wildman–Crippen MR) is 121 cm³/mol. The third kappa shape index (κ3) is 4.96. The lowest BCUT2D eigenvalue weighted by atomic mass is 10.2. The zero-order valence-electron chi connectivity index (χ0n) is 18.0. The summed E-state index contributed by atoms with van der Waals surface area (Å²) < 4.78 is 29.6. The van der Waals surface area contributed by atoms with Crippen molar-refractivity contribution < 1.29 is 13.2 Å². The van der Waals surface area contributed by atoms with Gasteiger partial charge in [-0.05, 0) is 57.2 Å². The Morgan fingerprint density at radius 2 is 1.94 bits per heavy atom. The van der Waals surface area contributed by atoms with E-state index in [4.69, 9.17) is 0 Å². The quantitative estimate of drug-likeness (QED) is 0.603. The first-order chi connectivity index (χ1) is 14.9. The highest BCUT2D eigenvalue weighted by molar-refractivity contribution is 7.99. The molecular formula is C21H29N5O3S2. The Kier molecular flexibility index (Phi) is 6.68. The molecule has 168 valence electrons. The van der Waals surface area contributed by atoms with Gasteiger partial charge in [0.1, 0.15) is 5.82 Å². The van der Waals surface area contributed by atoms with Crippen LogP contribution in [0.15, 0.2) is 28.3 Å².